The summed E-state index contributed by atoms with van der Waals surface area (Å²) >= 11 is 1.41. The summed E-state index contributed by atoms with van der Waals surface area (Å²) in [6.45, 7) is 4.96. The number of ether oxygens (including phenoxy) is 2. The predicted octanol–water partition coefficient (Wildman–Crippen LogP) is 9.07. The molecule has 5 heteroatoms. The molecule has 1 amide bonds. The Morgan fingerprint density at radius 3 is 2.08 bits per heavy atom. The molecule has 0 aromatic heterocycles. The molecule has 1 saturated heterocycles. The molecule has 0 aliphatic carbocycles. The van der Waals surface area contributed by atoms with Gasteiger partial charge in [-0.15, -0.1) is 0 Å². The molecular formula is C31H53NO3S. The molecule has 2 atom stereocenters. The number of nitrogens with one attached hydrogen (secondary N) is 1. The second-order valence-corrected chi connectivity index (χ2v) is 11.6. The van der Waals surface area contributed by atoms with Crippen molar-refractivity contribution < 1.29 is 14.3 Å². The lowest BCUT2D eigenvalue weighted by molar-refractivity contribution is -0.0407. The topological polar surface area (TPSA) is 47.6 Å². The van der Waals surface area contributed by atoms with E-state index in [-0.39, 0.29) is 16.6 Å². The molecule has 1 aliphatic rings. The highest BCUT2D eigenvalue weighted by Gasteiger charge is 2.29. The van der Waals surface area contributed by atoms with Crippen LogP contribution in [0.25, 0.3) is 0 Å². The Morgan fingerprint density at radius 1 is 0.889 bits per heavy atom. The van der Waals surface area contributed by atoms with E-state index in [1.807, 2.05) is 18.2 Å². The average Bonchev–Trinajstić information content (AvgIpc) is 2.90. The lowest BCUT2D eigenvalue weighted by Gasteiger charge is -2.30. The molecule has 0 saturated carbocycles. The normalized spacial score (nSPS) is 17.8. The molecule has 1 heterocycles. The summed E-state index contributed by atoms with van der Waals surface area (Å²) < 4.78 is 11.8. The number of carbonyl (C=O) groups is 1. The molecule has 1 aromatic carbocycles. The zero-order chi connectivity index (χ0) is 25.5. The van der Waals surface area contributed by atoms with E-state index in [2.05, 4.69) is 24.4 Å². The Balaban J connectivity index is 1.40. The molecule has 2 rings (SSSR count). The lowest BCUT2D eigenvalue weighted by atomic mass is 10.0. The Labute approximate surface area is 226 Å². The van der Waals surface area contributed by atoms with Crippen LogP contribution in [-0.2, 0) is 16.1 Å². The van der Waals surface area contributed by atoms with Crippen molar-refractivity contribution in [1.29, 1.82) is 0 Å². The van der Waals surface area contributed by atoms with Crippen molar-refractivity contribution in [3.8, 4) is 0 Å². The first-order chi connectivity index (χ1) is 17.8. The van der Waals surface area contributed by atoms with E-state index < -0.39 is 0 Å². The largest absolute Gasteiger partial charge is 0.375 e. The Morgan fingerprint density at radius 2 is 1.47 bits per heavy atom. The number of hydrogen-bond donors (Lipinski definition) is 1. The summed E-state index contributed by atoms with van der Waals surface area (Å²) in [4.78, 5) is 12.5. The molecule has 206 valence electrons. The van der Waals surface area contributed by atoms with Gasteiger partial charge in [0.15, 0.2) is 0 Å². The van der Waals surface area contributed by atoms with Gasteiger partial charge in [0, 0.05) is 18.4 Å². The third-order valence-corrected chi connectivity index (χ3v) is 8.28. The Kier molecular flexibility index (Phi) is 19.0. The first-order valence-electron chi connectivity index (χ1n) is 15.0. The fraction of sp³-hybridized carbons (Fsp3) is 0.774. The number of benzene rings is 1. The Bertz CT molecular complexity index is 642. The maximum Gasteiger partial charge on any atom is 0.279 e. The monoisotopic (exact) mass is 519 g/mol. The van der Waals surface area contributed by atoms with Gasteiger partial charge in [0.05, 0.1) is 19.3 Å². The standard InChI is InChI=1S/C31H53NO3S/c1-2-3-4-5-6-7-8-9-10-11-12-13-14-15-19-24-32-31(33)36-30-23-20-25-35-29(30)27-34-26-28-21-17-16-18-22-28/h16-18,21-22,29-30H,2-15,19-20,23-27H2,1H3,(H,32,33)/t29-,30-/m0/s1. The molecule has 4 nitrogen and oxygen atoms in total. The van der Waals surface area contributed by atoms with E-state index >= 15 is 0 Å². The highest BCUT2D eigenvalue weighted by Crippen LogP contribution is 2.27. The molecule has 1 aliphatic heterocycles. The van der Waals surface area contributed by atoms with Crippen molar-refractivity contribution in [2.24, 2.45) is 0 Å². The van der Waals surface area contributed by atoms with Crippen molar-refractivity contribution in [3.63, 3.8) is 0 Å². The van der Waals surface area contributed by atoms with Crippen molar-refractivity contribution in [3.05, 3.63) is 35.9 Å². The summed E-state index contributed by atoms with van der Waals surface area (Å²) in [5.41, 5.74) is 1.17. The number of hydrogen-bond acceptors (Lipinski definition) is 4. The van der Waals surface area contributed by atoms with Crippen LogP contribution in [0.1, 0.15) is 122 Å². The van der Waals surface area contributed by atoms with Gasteiger partial charge >= 0.3 is 0 Å². The van der Waals surface area contributed by atoms with Gasteiger partial charge in [0.1, 0.15) is 0 Å². The van der Waals surface area contributed by atoms with Gasteiger partial charge in [-0.3, -0.25) is 4.79 Å². The van der Waals surface area contributed by atoms with Gasteiger partial charge in [-0.1, -0.05) is 139 Å². The van der Waals surface area contributed by atoms with E-state index in [1.165, 1.54) is 107 Å². The zero-order valence-electron chi connectivity index (χ0n) is 23.0. The number of unbranched alkanes of at least 4 members (excludes halogenated alkanes) is 14. The second-order valence-electron chi connectivity index (χ2n) is 10.4. The maximum absolute atomic E-state index is 12.5. The van der Waals surface area contributed by atoms with Crippen LogP contribution in [0.5, 0.6) is 0 Å². The fourth-order valence-corrected chi connectivity index (χ4v) is 5.89. The molecule has 36 heavy (non-hydrogen) atoms. The molecule has 1 aromatic rings. The lowest BCUT2D eigenvalue weighted by Crippen LogP contribution is -2.37. The van der Waals surface area contributed by atoms with Gasteiger partial charge in [-0.2, -0.15) is 0 Å². The summed E-state index contributed by atoms with van der Waals surface area (Å²) in [6, 6.07) is 10.2. The average molecular weight is 520 g/mol. The minimum Gasteiger partial charge on any atom is -0.375 e. The highest BCUT2D eigenvalue weighted by atomic mass is 32.2. The molecule has 0 unspecified atom stereocenters. The van der Waals surface area contributed by atoms with E-state index in [0.717, 1.165) is 32.4 Å². The fourth-order valence-electron chi connectivity index (χ4n) is 4.84. The van der Waals surface area contributed by atoms with Crippen LogP contribution in [0.4, 0.5) is 4.79 Å². The SMILES string of the molecule is CCCCCCCCCCCCCCCCCNC(=O)S[C@H]1CCCO[C@H]1COCc1ccccc1. The van der Waals surface area contributed by atoms with Crippen LogP contribution in [0.15, 0.2) is 30.3 Å². The first-order valence-corrected chi connectivity index (χ1v) is 15.9. The first kappa shape index (κ1) is 31.2. The molecular weight excluding hydrogens is 466 g/mol. The van der Waals surface area contributed by atoms with Crippen LogP contribution in [0.3, 0.4) is 0 Å². The summed E-state index contributed by atoms with van der Waals surface area (Å²) in [5.74, 6) is 0. The highest BCUT2D eigenvalue weighted by molar-refractivity contribution is 8.14. The summed E-state index contributed by atoms with van der Waals surface area (Å²) in [6.07, 6.45) is 22.4. The predicted molar refractivity (Wildman–Crippen MR) is 155 cm³/mol. The van der Waals surface area contributed by atoms with Crippen molar-refractivity contribution in [1.82, 2.24) is 5.32 Å². The molecule has 1 fully saturated rings. The van der Waals surface area contributed by atoms with Gasteiger partial charge in [0.25, 0.3) is 5.24 Å². The van der Waals surface area contributed by atoms with E-state index in [1.54, 1.807) is 0 Å². The maximum atomic E-state index is 12.5. The summed E-state index contributed by atoms with van der Waals surface area (Å²) in [5, 5.41) is 3.37. The molecule has 0 spiro atoms. The molecule has 1 N–H and O–H groups in total. The third-order valence-electron chi connectivity index (χ3n) is 7.08. The Hall–Kier alpha value is -1.04. The van der Waals surface area contributed by atoms with Gasteiger partial charge in [-0.05, 0) is 24.8 Å². The van der Waals surface area contributed by atoms with Crippen LogP contribution < -0.4 is 5.32 Å². The minimum atomic E-state index is -0.0102. The van der Waals surface area contributed by atoms with E-state index in [0.29, 0.717) is 13.2 Å². The summed E-state index contributed by atoms with van der Waals surface area (Å²) in [7, 11) is 0. The van der Waals surface area contributed by atoms with Gasteiger partial charge < -0.3 is 14.8 Å². The van der Waals surface area contributed by atoms with Crippen LogP contribution in [0, 0.1) is 0 Å². The van der Waals surface area contributed by atoms with Gasteiger partial charge in [0.2, 0.25) is 0 Å². The van der Waals surface area contributed by atoms with Crippen LogP contribution in [0.2, 0.25) is 0 Å². The quantitative estimate of drug-likeness (QED) is 0.165. The number of thioether (sulfide) groups is 1. The smallest absolute Gasteiger partial charge is 0.279 e. The van der Waals surface area contributed by atoms with Crippen molar-refractivity contribution in [2.75, 3.05) is 19.8 Å². The number of carbonyl (C=O) groups excluding carboxylic acids is 1. The van der Waals surface area contributed by atoms with Gasteiger partial charge in [-0.25, -0.2) is 0 Å². The molecule has 0 radical (unpaired) electrons. The number of amides is 1. The number of rotatable bonds is 21. The van der Waals surface area contributed by atoms with Crippen LogP contribution in [-0.4, -0.2) is 36.4 Å². The van der Waals surface area contributed by atoms with Crippen molar-refractivity contribution >= 4 is 17.0 Å². The van der Waals surface area contributed by atoms with E-state index in [9.17, 15) is 4.79 Å². The van der Waals surface area contributed by atoms with Crippen molar-refractivity contribution in [2.45, 2.75) is 134 Å². The second kappa shape index (κ2) is 22.0. The minimum absolute atomic E-state index is 0.0102. The molecule has 0 bridgehead atoms. The third kappa shape index (κ3) is 15.9. The zero-order valence-corrected chi connectivity index (χ0v) is 23.8. The van der Waals surface area contributed by atoms with E-state index in [4.69, 9.17) is 9.47 Å². The van der Waals surface area contributed by atoms with Crippen LogP contribution >= 0.6 is 11.8 Å².